The molecule has 0 amide bonds. The van der Waals surface area contributed by atoms with Gasteiger partial charge in [-0.05, 0) is 24.3 Å². The normalized spacial score (nSPS) is 11.7. The van der Waals surface area contributed by atoms with E-state index in [1.54, 1.807) is 0 Å². The van der Waals surface area contributed by atoms with Crippen molar-refractivity contribution in [1.29, 1.82) is 0 Å². The fourth-order valence-corrected chi connectivity index (χ4v) is 3.11. The minimum atomic E-state index is 1.29. The molecule has 0 saturated heterocycles. The lowest BCUT2D eigenvalue weighted by Crippen LogP contribution is -2.28. The number of hydrogen-bond donors (Lipinski definition) is 0. The van der Waals surface area contributed by atoms with E-state index in [9.17, 15) is 0 Å². The number of fused-ring (bicyclic) bond motifs is 5. The first-order valence-corrected chi connectivity index (χ1v) is 6.52. The molecule has 0 aliphatic rings. The summed E-state index contributed by atoms with van der Waals surface area (Å²) < 4.78 is 4.49. The highest BCUT2D eigenvalue weighted by atomic mass is 15.0. The Morgan fingerprint density at radius 2 is 1.74 bits per heavy atom. The van der Waals surface area contributed by atoms with Gasteiger partial charge in [-0.25, -0.2) is 4.57 Å². The van der Waals surface area contributed by atoms with E-state index in [1.165, 1.54) is 32.7 Å². The highest BCUT2D eigenvalue weighted by Gasteiger charge is 2.16. The molecular formula is C17H15N2+. The van der Waals surface area contributed by atoms with E-state index < -0.39 is 0 Å². The Hall–Kier alpha value is -2.35. The first-order valence-electron chi connectivity index (χ1n) is 6.52. The van der Waals surface area contributed by atoms with Crippen LogP contribution in [0, 0.1) is 0 Å². The van der Waals surface area contributed by atoms with E-state index in [2.05, 4.69) is 78.0 Å². The van der Waals surface area contributed by atoms with Gasteiger partial charge in [0.05, 0.1) is 10.9 Å². The molecule has 19 heavy (non-hydrogen) atoms. The quantitative estimate of drug-likeness (QED) is 0.422. The van der Waals surface area contributed by atoms with Gasteiger partial charge in [-0.3, -0.25) is 0 Å². The molecule has 0 aliphatic heterocycles. The molecule has 2 aromatic carbocycles. The monoisotopic (exact) mass is 247 g/mol. The lowest BCUT2D eigenvalue weighted by atomic mass is 10.1. The lowest BCUT2D eigenvalue weighted by Gasteiger charge is -2.00. The summed E-state index contributed by atoms with van der Waals surface area (Å²) in [7, 11) is 4.25. The maximum absolute atomic E-state index is 2.27. The predicted molar refractivity (Wildman–Crippen MR) is 79.1 cm³/mol. The molecule has 92 valence electrons. The number of hydrogen-bond acceptors (Lipinski definition) is 0. The Labute approximate surface area is 111 Å². The van der Waals surface area contributed by atoms with E-state index >= 15 is 0 Å². The van der Waals surface area contributed by atoms with Crippen LogP contribution in [0.5, 0.6) is 0 Å². The van der Waals surface area contributed by atoms with E-state index in [1.807, 2.05) is 0 Å². The van der Waals surface area contributed by atoms with Crippen molar-refractivity contribution in [3.8, 4) is 0 Å². The van der Waals surface area contributed by atoms with Crippen molar-refractivity contribution >= 4 is 32.7 Å². The number of aryl methyl sites for hydroxylation is 2. The van der Waals surface area contributed by atoms with Gasteiger partial charge in [0.2, 0.25) is 5.52 Å². The van der Waals surface area contributed by atoms with Gasteiger partial charge < -0.3 is 4.57 Å². The van der Waals surface area contributed by atoms with Gasteiger partial charge in [0.25, 0.3) is 0 Å². The second kappa shape index (κ2) is 3.58. The first-order chi connectivity index (χ1) is 9.27. The van der Waals surface area contributed by atoms with Crippen LogP contribution in [-0.2, 0) is 14.1 Å². The topological polar surface area (TPSA) is 8.81 Å². The smallest absolute Gasteiger partial charge is 0.222 e. The van der Waals surface area contributed by atoms with Crippen LogP contribution in [0.2, 0.25) is 0 Å². The van der Waals surface area contributed by atoms with Crippen molar-refractivity contribution in [1.82, 2.24) is 4.57 Å². The van der Waals surface area contributed by atoms with Crippen molar-refractivity contribution in [3.63, 3.8) is 0 Å². The van der Waals surface area contributed by atoms with Gasteiger partial charge in [-0.2, -0.15) is 0 Å². The third-order valence-electron chi connectivity index (χ3n) is 4.02. The van der Waals surface area contributed by atoms with Crippen molar-refractivity contribution in [2.24, 2.45) is 14.1 Å². The lowest BCUT2D eigenvalue weighted by molar-refractivity contribution is -0.644. The molecule has 4 rings (SSSR count). The maximum Gasteiger partial charge on any atom is 0.222 e. The molecule has 0 radical (unpaired) electrons. The number of rotatable bonds is 0. The van der Waals surface area contributed by atoms with Crippen LogP contribution in [0.4, 0.5) is 0 Å². The fourth-order valence-electron chi connectivity index (χ4n) is 3.11. The van der Waals surface area contributed by atoms with Crippen molar-refractivity contribution in [2.45, 2.75) is 0 Å². The molecule has 4 aromatic rings. The van der Waals surface area contributed by atoms with E-state index in [4.69, 9.17) is 0 Å². The average molecular weight is 247 g/mol. The van der Waals surface area contributed by atoms with Gasteiger partial charge in [-0.1, -0.05) is 18.2 Å². The van der Waals surface area contributed by atoms with Crippen molar-refractivity contribution < 1.29 is 4.57 Å². The molecule has 0 saturated carbocycles. The Morgan fingerprint density at radius 1 is 0.895 bits per heavy atom. The molecule has 0 aliphatic carbocycles. The predicted octanol–water partition coefficient (Wildman–Crippen LogP) is 3.31. The van der Waals surface area contributed by atoms with Gasteiger partial charge in [-0.15, -0.1) is 0 Å². The third kappa shape index (κ3) is 1.28. The van der Waals surface area contributed by atoms with Gasteiger partial charge >= 0.3 is 0 Å². The Bertz CT molecular complexity index is 932. The van der Waals surface area contributed by atoms with Crippen LogP contribution in [0.25, 0.3) is 32.7 Å². The summed E-state index contributed by atoms with van der Waals surface area (Å²) in [5.41, 5.74) is 3.88. The summed E-state index contributed by atoms with van der Waals surface area (Å²) in [4.78, 5) is 0. The summed E-state index contributed by atoms with van der Waals surface area (Å²) in [5, 5.41) is 3.96. The SMILES string of the molecule is Cn1c2ccccc2c2c1ccc1ccc[n+](C)c12. The number of aromatic nitrogens is 2. The minimum absolute atomic E-state index is 1.29. The Balaban J connectivity index is 2.43. The molecule has 0 unspecified atom stereocenters. The zero-order valence-electron chi connectivity index (χ0n) is 11.1. The van der Waals surface area contributed by atoms with Gasteiger partial charge in [0, 0.05) is 29.4 Å². The summed E-state index contributed by atoms with van der Waals surface area (Å²) in [6.45, 7) is 0. The minimum Gasteiger partial charge on any atom is -0.343 e. The fraction of sp³-hybridized carbons (Fsp3) is 0.118. The van der Waals surface area contributed by atoms with Crippen LogP contribution < -0.4 is 4.57 Å². The molecule has 0 fully saturated rings. The summed E-state index contributed by atoms with van der Waals surface area (Å²) in [6.07, 6.45) is 2.11. The van der Waals surface area contributed by atoms with Crippen LogP contribution in [-0.4, -0.2) is 4.57 Å². The molecule has 2 heteroatoms. The molecule has 2 heterocycles. The summed E-state index contributed by atoms with van der Waals surface area (Å²) >= 11 is 0. The van der Waals surface area contributed by atoms with Crippen LogP contribution >= 0.6 is 0 Å². The number of benzene rings is 2. The standard InChI is InChI=1S/C17H15N2/c1-18-11-5-6-12-9-10-15-16(17(12)18)13-7-3-4-8-14(13)19(15)2/h3-11H,1-2H3/q+1. The highest BCUT2D eigenvalue weighted by molar-refractivity contribution is 6.18. The number of pyridine rings is 1. The highest BCUT2D eigenvalue weighted by Crippen LogP contribution is 2.32. The Kier molecular flexibility index (Phi) is 1.99. The zero-order chi connectivity index (χ0) is 13.0. The van der Waals surface area contributed by atoms with E-state index in [0.29, 0.717) is 0 Å². The first kappa shape index (κ1) is 10.6. The molecular weight excluding hydrogens is 232 g/mol. The second-order valence-electron chi connectivity index (χ2n) is 5.09. The largest absolute Gasteiger partial charge is 0.343 e. The Morgan fingerprint density at radius 3 is 2.63 bits per heavy atom. The van der Waals surface area contributed by atoms with E-state index in [-0.39, 0.29) is 0 Å². The van der Waals surface area contributed by atoms with Gasteiger partial charge in [0.15, 0.2) is 6.20 Å². The van der Waals surface area contributed by atoms with Crippen molar-refractivity contribution in [2.75, 3.05) is 0 Å². The van der Waals surface area contributed by atoms with Crippen LogP contribution in [0.3, 0.4) is 0 Å². The van der Waals surface area contributed by atoms with Gasteiger partial charge in [0.1, 0.15) is 7.05 Å². The second-order valence-corrected chi connectivity index (χ2v) is 5.09. The molecule has 0 N–H and O–H groups in total. The average Bonchev–Trinajstić information content (AvgIpc) is 2.73. The van der Waals surface area contributed by atoms with Crippen LogP contribution in [0.1, 0.15) is 0 Å². The molecule has 0 atom stereocenters. The third-order valence-corrected chi connectivity index (χ3v) is 4.02. The maximum atomic E-state index is 2.27. The molecule has 2 nitrogen and oxygen atoms in total. The molecule has 0 bridgehead atoms. The van der Waals surface area contributed by atoms with E-state index in [0.717, 1.165) is 0 Å². The number of para-hydroxylation sites is 1. The van der Waals surface area contributed by atoms with Crippen LogP contribution in [0.15, 0.2) is 54.7 Å². The molecule has 0 spiro atoms. The van der Waals surface area contributed by atoms with Crippen molar-refractivity contribution in [3.05, 3.63) is 54.7 Å². The summed E-state index contributed by atoms with van der Waals surface area (Å²) in [6, 6.07) is 17.3. The molecule has 2 aromatic heterocycles. The zero-order valence-corrected chi connectivity index (χ0v) is 11.1. The summed E-state index contributed by atoms with van der Waals surface area (Å²) in [5.74, 6) is 0. The number of nitrogens with zero attached hydrogens (tertiary/aromatic N) is 2.